The highest BCUT2D eigenvalue weighted by Gasteiger charge is 2.25. The van der Waals surface area contributed by atoms with Crippen LogP contribution in [0, 0.1) is 11.6 Å². The van der Waals surface area contributed by atoms with Crippen LogP contribution in [-0.4, -0.2) is 30.9 Å². The first-order chi connectivity index (χ1) is 13.6. The summed E-state index contributed by atoms with van der Waals surface area (Å²) in [5.74, 6) is -2.64. The first-order valence-electron chi connectivity index (χ1n) is 8.16. The number of aromatic nitrogens is 5. The minimum Gasteiger partial charge on any atom is -0.396 e. The van der Waals surface area contributed by atoms with Crippen molar-refractivity contribution in [2.24, 2.45) is 0 Å². The largest absolute Gasteiger partial charge is 0.396 e. The molecule has 0 atom stereocenters. The van der Waals surface area contributed by atoms with Crippen molar-refractivity contribution >= 4 is 28.3 Å². The lowest BCUT2D eigenvalue weighted by Crippen LogP contribution is -2.10. The smallest absolute Gasteiger partial charge is 0.201 e. The third-order valence-corrected chi connectivity index (χ3v) is 4.17. The van der Waals surface area contributed by atoms with Gasteiger partial charge in [0.05, 0.1) is 28.4 Å². The molecule has 4 aromatic rings. The van der Waals surface area contributed by atoms with Crippen molar-refractivity contribution in [3.63, 3.8) is 0 Å². The molecular weight excluding hydrogens is 368 g/mol. The van der Waals surface area contributed by atoms with E-state index < -0.39 is 23.0 Å². The number of ketones is 1. The summed E-state index contributed by atoms with van der Waals surface area (Å²) in [6.07, 6.45) is 5.76. The van der Waals surface area contributed by atoms with E-state index in [-0.39, 0.29) is 11.3 Å². The number of rotatable bonds is 5. The van der Waals surface area contributed by atoms with Crippen molar-refractivity contribution < 1.29 is 13.6 Å². The lowest BCUT2D eigenvalue weighted by Gasteiger charge is -2.09. The van der Waals surface area contributed by atoms with E-state index in [1.54, 1.807) is 18.5 Å². The Morgan fingerprint density at radius 3 is 2.82 bits per heavy atom. The summed E-state index contributed by atoms with van der Waals surface area (Å²) in [6.45, 7) is 0.349. The summed E-state index contributed by atoms with van der Waals surface area (Å²) in [4.78, 5) is 23.9. The van der Waals surface area contributed by atoms with Gasteiger partial charge in [0.1, 0.15) is 23.6 Å². The van der Waals surface area contributed by atoms with Crippen molar-refractivity contribution in [1.29, 1.82) is 0 Å². The van der Waals surface area contributed by atoms with Crippen molar-refractivity contribution in [3.05, 3.63) is 71.4 Å². The van der Waals surface area contributed by atoms with Crippen LogP contribution in [0.25, 0.3) is 11.0 Å². The van der Waals surface area contributed by atoms with E-state index in [0.717, 1.165) is 17.7 Å². The molecular formula is C18H13F2N7O. The number of aromatic amines is 1. The molecule has 0 fully saturated rings. The van der Waals surface area contributed by atoms with Gasteiger partial charge in [-0.2, -0.15) is 10.2 Å². The number of nitrogens with one attached hydrogen (secondary N) is 2. The Kier molecular flexibility index (Phi) is 4.36. The number of nitrogen functional groups attached to an aromatic ring is 1. The molecule has 140 valence electrons. The fourth-order valence-corrected chi connectivity index (χ4v) is 2.80. The van der Waals surface area contributed by atoms with Crippen molar-refractivity contribution in [3.8, 4) is 0 Å². The second-order valence-corrected chi connectivity index (χ2v) is 5.91. The van der Waals surface area contributed by atoms with Crippen LogP contribution < -0.4 is 11.1 Å². The van der Waals surface area contributed by atoms with Crippen LogP contribution in [-0.2, 0) is 6.54 Å². The monoisotopic (exact) mass is 381 g/mol. The number of nitrogens with two attached hydrogens (primary N) is 1. The number of hydrogen-bond acceptors (Lipinski definition) is 7. The summed E-state index contributed by atoms with van der Waals surface area (Å²) in [7, 11) is 0. The van der Waals surface area contributed by atoms with Gasteiger partial charge in [-0.1, -0.05) is 0 Å². The normalized spacial score (nSPS) is 10.9. The van der Waals surface area contributed by atoms with Crippen LogP contribution in [0.3, 0.4) is 0 Å². The number of benzene rings is 1. The first kappa shape index (κ1) is 17.5. The van der Waals surface area contributed by atoms with Gasteiger partial charge in [-0.05, 0) is 23.8 Å². The van der Waals surface area contributed by atoms with Gasteiger partial charge in [-0.15, -0.1) is 0 Å². The lowest BCUT2D eigenvalue weighted by molar-refractivity contribution is 0.103. The molecule has 0 aliphatic carbocycles. The number of nitrogens with zero attached hydrogens (tertiary/aromatic N) is 4. The highest BCUT2D eigenvalue weighted by molar-refractivity contribution is 6.18. The second kappa shape index (κ2) is 6.99. The minimum absolute atomic E-state index is 0.0225. The molecule has 0 bridgehead atoms. The molecule has 0 radical (unpaired) electrons. The van der Waals surface area contributed by atoms with E-state index in [4.69, 9.17) is 5.73 Å². The van der Waals surface area contributed by atoms with E-state index in [2.05, 4.69) is 30.5 Å². The molecule has 4 N–H and O–H groups in total. The van der Waals surface area contributed by atoms with E-state index in [9.17, 15) is 13.6 Å². The molecule has 0 spiro atoms. The summed E-state index contributed by atoms with van der Waals surface area (Å²) in [6, 6.07) is 3.78. The van der Waals surface area contributed by atoms with Gasteiger partial charge >= 0.3 is 0 Å². The van der Waals surface area contributed by atoms with Gasteiger partial charge in [0, 0.05) is 18.9 Å². The fourth-order valence-electron chi connectivity index (χ4n) is 2.80. The maximum absolute atomic E-state index is 14.3. The average molecular weight is 381 g/mol. The van der Waals surface area contributed by atoms with Crippen LogP contribution in [0.2, 0.25) is 0 Å². The SMILES string of the molecule is Nc1ccc(F)c(C(=O)c2c[nH]c3ncnc(NCc4ccnnc4)c23)c1F. The Balaban J connectivity index is 1.77. The van der Waals surface area contributed by atoms with Crippen LogP contribution in [0.4, 0.5) is 20.3 Å². The van der Waals surface area contributed by atoms with Gasteiger partial charge in [0.15, 0.2) is 5.82 Å². The number of carbonyl (C=O) groups is 1. The maximum Gasteiger partial charge on any atom is 0.201 e. The van der Waals surface area contributed by atoms with Gasteiger partial charge in [0.25, 0.3) is 0 Å². The predicted octanol–water partition coefficient (Wildman–Crippen LogP) is 2.45. The number of halogens is 2. The van der Waals surface area contributed by atoms with Gasteiger partial charge in [0.2, 0.25) is 5.78 Å². The standard InChI is InChI=1S/C18H13F2N7O/c19-11-1-2-12(21)15(20)14(11)16(28)10-7-23-18-13(10)17(24-8-25-18)22-5-9-3-4-26-27-6-9/h1-4,6-8H,5,21H2,(H2,22,23,24,25). The molecule has 0 amide bonds. The second-order valence-electron chi connectivity index (χ2n) is 5.91. The highest BCUT2D eigenvalue weighted by Crippen LogP contribution is 2.28. The number of hydrogen-bond donors (Lipinski definition) is 3. The number of anilines is 2. The predicted molar refractivity (Wildman–Crippen MR) is 97.5 cm³/mol. The van der Waals surface area contributed by atoms with Crippen LogP contribution in [0.5, 0.6) is 0 Å². The third kappa shape index (κ3) is 3.00. The zero-order valence-electron chi connectivity index (χ0n) is 14.3. The Morgan fingerprint density at radius 2 is 2.04 bits per heavy atom. The molecule has 3 aromatic heterocycles. The number of H-pyrrole nitrogens is 1. The molecule has 0 aliphatic rings. The number of carbonyl (C=O) groups excluding carboxylic acids is 1. The van der Waals surface area contributed by atoms with Crippen molar-refractivity contribution in [2.75, 3.05) is 11.1 Å². The Morgan fingerprint density at radius 1 is 1.18 bits per heavy atom. The Hall–Kier alpha value is -3.95. The minimum atomic E-state index is -1.10. The van der Waals surface area contributed by atoms with Gasteiger partial charge in [-0.3, -0.25) is 4.79 Å². The molecule has 3 heterocycles. The molecule has 10 heteroatoms. The quantitative estimate of drug-likeness (QED) is 0.358. The van der Waals surface area contributed by atoms with Gasteiger partial charge in [-0.25, -0.2) is 18.7 Å². The molecule has 0 unspecified atom stereocenters. The van der Waals surface area contributed by atoms with Crippen molar-refractivity contribution in [2.45, 2.75) is 6.54 Å². The van der Waals surface area contributed by atoms with Gasteiger partial charge < -0.3 is 16.0 Å². The van der Waals surface area contributed by atoms with Crippen LogP contribution in [0.15, 0.2) is 43.1 Å². The number of fused-ring (bicyclic) bond motifs is 1. The molecule has 28 heavy (non-hydrogen) atoms. The molecule has 0 saturated carbocycles. The van der Waals surface area contributed by atoms with Crippen LogP contribution >= 0.6 is 0 Å². The third-order valence-electron chi connectivity index (χ3n) is 4.17. The highest BCUT2D eigenvalue weighted by atomic mass is 19.1. The molecule has 1 aromatic carbocycles. The summed E-state index contributed by atoms with van der Waals surface area (Å²) in [5.41, 5.74) is 5.64. The Labute approximate surface area is 156 Å². The summed E-state index contributed by atoms with van der Waals surface area (Å²) < 4.78 is 28.5. The molecule has 8 nitrogen and oxygen atoms in total. The van der Waals surface area contributed by atoms with E-state index in [1.807, 2.05) is 0 Å². The Bertz CT molecular complexity index is 1180. The topological polar surface area (TPSA) is 122 Å². The average Bonchev–Trinajstić information content (AvgIpc) is 3.15. The zero-order chi connectivity index (χ0) is 19.7. The van der Waals surface area contributed by atoms with Crippen molar-refractivity contribution in [1.82, 2.24) is 25.1 Å². The summed E-state index contributed by atoms with van der Waals surface area (Å²) >= 11 is 0. The van der Waals surface area contributed by atoms with Crippen LogP contribution in [0.1, 0.15) is 21.5 Å². The lowest BCUT2D eigenvalue weighted by atomic mass is 10.0. The molecule has 4 rings (SSSR count). The maximum atomic E-state index is 14.3. The first-order valence-corrected chi connectivity index (χ1v) is 8.16. The van der Waals surface area contributed by atoms with E-state index >= 15 is 0 Å². The molecule has 0 aliphatic heterocycles. The van der Waals surface area contributed by atoms with E-state index in [1.165, 1.54) is 12.5 Å². The summed E-state index contributed by atoms with van der Waals surface area (Å²) in [5, 5.41) is 10.9. The fraction of sp³-hybridized carbons (Fsp3) is 0.0556. The van der Waals surface area contributed by atoms with E-state index in [0.29, 0.717) is 23.4 Å². The molecule has 0 saturated heterocycles. The zero-order valence-corrected chi connectivity index (χ0v) is 14.3.